The minimum absolute atomic E-state index is 0.00139. The number of hydrogen-bond donors (Lipinski definition) is 1. The maximum absolute atomic E-state index is 12.6. The fourth-order valence-corrected chi connectivity index (χ4v) is 5.12. The van der Waals surface area contributed by atoms with E-state index >= 15 is 0 Å². The standard InChI is InChI=1S/C17H20N4O2S/c1-20-7-4-11-12(5-8-20)21(16(22)18-11)17-19-15-10-6-9-23-13(10)2-3-14(15)24-17/h2-3,11-12H,4-9H2,1H3,(H,18,22)/t11-,12+/m0/s1. The van der Waals surface area contributed by atoms with Gasteiger partial charge >= 0.3 is 6.03 Å². The molecule has 3 aliphatic heterocycles. The van der Waals surface area contributed by atoms with Crippen LogP contribution < -0.4 is 15.0 Å². The summed E-state index contributed by atoms with van der Waals surface area (Å²) in [5, 5.41) is 3.98. The fourth-order valence-electron chi connectivity index (χ4n) is 4.06. The molecule has 5 rings (SSSR count). The smallest absolute Gasteiger partial charge is 0.324 e. The maximum Gasteiger partial charge on any atom is 0.324 e. The predicted molar refractivity (Wildman–Crippen MR) is 94.1 cm³/mol. The zero-order chi connectivity index (χ0) is 16.3. The Morgan fingerprint density at radius 1 is 1.33 bits per heavy atom. The number of carbonyl (C=O) groups excluding carboxylic acids is 1. The van der Waals surface area contributed by atoms with Crippen LogP contribution in [0.2, 0.25) is 0 Å². The van der Waals surface area contributed by atoms with Crippen molar-refractivity contribution in [2.45, 2.75) is 31.3 Å². The molecule has 1 aromatic heterocycles. The summed E-state index contributed by atoms with van der Waals surface area (Å²) >= 11 is 1.61. The SMILES string of the molecule is CN1CC[C@@H]2NC(=O)N(c3nc4c5c(ccc4s3)OCC5)[C@@H]2CC1. The van der Waals surface area contributed by atoms with Crippen LogP contribution >= 0.6 is 11.3 Å². The van der Waals surface area contributed by atoms with Crippen molar-refractivity contribution in [3.8, 4) is 5.75 Å². The van der Waals surface area contributed by atoms with Crippen molar-refractivity contribution in [1.29, 1.82) is 0 Å². The van der Waals surface area contributed by atoms with Crippen molar-refractivity contribution in [2.24, 2.45) is 0 Å². The van der Waals surface area contributed by atoms with Crippen LogP contribution in [-0.2, 0) is 6.42 Å². The Balaban J connectivity index is 1.55. The van der Waals surface area contributed by atoms with Gasteiger partial charge in [0, 0.05) is 12.0 Å². The van der Waals surface area contributed by atoms with Gasteiger partial charge in [-0.3, -0.25) is 4.90 Å². The first-order valence-corrected chi connectivity index (χ1v) is 9.36. The highest BCUT2D eigenvalue weighted by atomic mass is 32.1. The van der Waals surface area contributed by atoms with E-state index < -0.39 is 0 Å². The zero-order valence-electron chi connectivity index (χ0n) is 13.6. The van der Waals surface area contributed by atoms with Crippen molar-refractivity contribution in [2.75, 3.05) is 31.6 Å². The van der Waals surface area contributed by atoms with Crippen LogP contribution in [0.1, 0.15) is 18.4 Å². The first kappa shape index (κ1) is 14.5. The third kappa shape index (κ3) is 2.11. The van der Waals surface area contributed by atoms with Crippen LogP contribution in [0.25, 0.3) is 10.2 Å². The first-order chi connectivity index (χ1) is 11.7. The van der Waals surface area contributed by atoms with Gasteiger partial charge in [0.25, 0.3) is 0 Å². The molecule has 2 amide bonds. The van der Waals surface area contributed by atoms with Gasteiger partial charge in [0.05, 0.1) is 28.9 Å². The first-order valence-electron chi connectivity index (χ1n) is 8.54. The Morgan fingerprint density at radius 2 is 2.21 bits per heavy atom. The Bertz CT molecular complexity index is 820. The van der Waals surface area contributed by atoms with E-state index in [1.165, 1.54) is 5.56 Å². The summed E-state index contributed by atoms with van der Waals surface area (Å²) in [5.74, 6) is 0.944. The lowest BCUT2D eigenvalue weighted by Gasteiger charge is -2.22. The van der Waals surface area contributed by atoms with E-state index in [2.05, 4.69) is 23.3 Å². The number of hydrogen-bond acceptors (Lipinski definition) is 5. The van der Waals surface area contributed by atoms with E-state index in [4.69, 9.17) is 9.72 Å². The van der Waals surface area contributed by atoms with Crippen LogP contribution in [-0.4, -0.2) is 54.7 Å². The molecule has 1 N–H and O–H groups in total. The summed E-state index contributed by atoms with van der Waals surface area (Å²) < 4.78 is 6.78. The lowest BCUT2D eigenvalue weighted by molar-refractivity contribution is 0.249. The summed E-state index contributed by atoms with van der Waals surface area (Å²) in [6, 6.07) is 4.52. The Hall–Kier alpha value is -1.86. The lowest BCUT2D eigenvalue weighted by Crippen LogP contribution is -2.37. The largest absolute Gasteiger partial charge is 0.493 e. The van der Waals surface area contributed by atoms with Gasteiger partial charge in [0.1, 0.15) is 5.75 Å². The van der Waals surface area contributed by atoms with E-state index in [-0.39, 0.29) is 18.1 Å². The second kappa shape index (κ2) is 5.32. The normalized spacial score (nSPS) is 26.9. The highest BCUT2D eigenvalue weighted by molar-refractivity contribution is 7.22. The molecule has 24 heavy (non-hydrogen) atoms. The molecule has 0 spiro atoms. The molecule has 1 aromatic carbocycles. The molecular weight excluding hydrogens is 324 g/mol. The molecule has 4 heterocycles. The van der Waals surface area contributed by atoms with Crippen molar-refractivity contribution in [3.63, 3.8) is 0 Å². The number of nitrogens with one attached hydrogen (secondary N) is 1. The Kier molecular flexibility index (Phi) is 3.21. The van der Waals surface area contributed by atoms with Crippen LogP contribution in [0.5, 0.6) is 5.75 Å². The summed E-state index contributed by atoms with van der Waals surface area (Å²) in [4.78, 5) is 21.7. The van der Waals surface area contributed by atoms with Crippen LogP contribution in [0.15, 0.2) is 12.1 Å². The molecule has 2 fully saturated rings. The fraction of sp³-hybridized carbons (Fsp3) is 0.529. The van der Waals surface area contributed by atoms with Gasteiger partial charge in [-0.2, -0.15) is 0 Å². The summed E-state index contributed by atoms with van der Waals surface area (Å²) in [5.41, 5.74) is 2.19. The number of carbonyl (C=O) groups is 1. The maximum atomic E-state index is 12.6. The van der Waals surface area contributed by atoms with Gasteiger partial charge < -0.3 is 15.0 Å². The van der Waals surface area contributed by atoms with Crippen molar-refractivity contribution in [1.82, 2.24) is 15.2 Å². The zero-order valence-corrected chi connectivity index (χ0v) is 14.4. The van der Waals surface area contributed by atoms with Gasteiger partial charge in [-0.05, 0) is 45.1 Å². The predicted octanol–water partition coefficient (Wildman–Crippen LogP) is 2.22. The summed E-state index contributed by atoms with van der Waals surface area (Å²) in [6.07, 6.45) is 2.88. The van der Waals surface area contributed by atoms with Gasteiger partial charge in [-0.15, -0.1) is 0 Å². The average molecular weight is 344 g/mol. The highest BCUT2D eigenvalue weighted by Gasteiger charge is 2.42. The molecule has 2 aromatic rings. The van der Waals surface area contributed by atoms with Gasteiger partial charge in [0.2, 0.25) is 0 Å². The van der Waals surface area contributed by atoms with Gasteiger partial charge in [-0.25, -0.2) is 9.78 Å². The topological polar surface area (TPSA) is 57.7 Å². The van der Waals surface area contributed by atoms with Crippen molar-refractivity contribution >= 4 is 32.7 Å². The molecule has 2 saturated heterocycles. The molecule has 0 saturated carbocycles. The number of likely N-dealkylation sites (tertiary alicyclic amines) is 1. The number of thiazole rings is 1. The minimum Gasteiger partial charge on any atom is -0.493 e. The van der Waals surface area contributed by atoms with E-state index in [0.29, 0.717) is 0 Å². The number of aromatic nitrogens is 1. The summed E-state index contributed by atoms with van der Waals surface area (Å²) in [7, 11) is 2.15. The number of rotatable bonds is 1. The Morgan fingerprint density at radius 3 is 3.12 bits per heavy atom. The second-order valence-corrected chi connectivity index (χ2v) is 7.87. The third-order valence-electron chi connectivity index (χ3n) is 5.38. The molecule has 7 heteroatoms. The number of ether oxygens (including phenoxy) is 1. The molecule has 6 nitrogen and oxygen atoms in total. The molecule has 126 valence electrons. The number of urea groups is 1. The molecule has 0 unspecified atom stereocenters. The second-order valence-electron chi connectivity index (χ2n) is 6.86. The van der Waals surface area contributed by atoms with E-state index in [9.17, 15) is 4.79 Å². The number of benzene rings is 1. The third-order valence-corrected chi connectivity index (χ3v) is 6.40. The molecule has 0 radical (unpaired) electrons. The molecule has 0 aliphatic carbocycles. The van der Waals surface area contributed by atoms with Crippen molar-refractivity contribution in [3.05, 3.63) is 17.7 Å². The number of amides is 2. The number of fused-ring (bicyclic) bond motifs is 4. The molecule has 2 atom stereocenters. The van der Waals surface area contributed by atoms with E-state index in [0.717, 1.165) is 60.1 Å². The monoisotopic (exact) mass is 344 g/mol. The van der Waals surface area contributed by atoms with Crippen LogP contribution in [0.3, 0.4) is 0 Å². The number of anilines is 1. The molecule has 0 bridgehead atoms. The quantitative estimate of drug-likeness (QED) is 0.862. The Labute approximate surface area is 144 Å². The van der Waals surface area contributed by atoms with Gasteiger partial charge in [0.15, 0.2) is 5.13 Å². The number of nitrogens with zero attached hydrogens (tertiary/aromatic N) is 3. The minimum atomic E-state index is 0.00139. The van der Waals surface area contributed by atoms with Gasteiger partial charge in [-0.1, -0.05) is 11.3 Å². The highest BCUT2D eigenvalue weighted by Crippen LogP contribution is 2.39. The average Bonchev–Trinajstić information content (AvgIpc) is 3.23. The summed E-state index contributed by atoms with van der Waals surface area (Å²) in [6.45, 7) is 2.77. The van der Waals surface area contributed by atoms with E-state index in [1.807, 2.05) is 11.0 Å². The van der Waals surface area contributed by atoms with E-state index in [1.54, 1.807) is 11.3 Å². The van der Waals surface area contributed by atoms with Crippen LogP contribution in [0, 0.1) is 0 Å². The molecular formula is C17H20N4O2S. The molecule has 3 aliphatic rings. The lowest BCUT2D eigenvalue weighted by atomic mass is 10.0. The van der Waals surface area contributed by atoms with Crippen molar-refractivity contribution < 1.29 is 9.53 Å². The van der Waals surface area contributed by atoms with Crippen LogP contribution in [0.4, 0.5) is 9.93 Å².